The Morgan fingerprint density at radius 3 is 2.30 bits per heavy atom. The zero-order chi connectivity index (χ0) is 20.5. The van der Waals surface area contributed by atoms with Crippen LogP contribution in [0.2, 0.25) is 5.02 Å². The fourth-order valence-electron chi connectivity index (χ4n) is 2.57. The first-order valence-corrected chi connectivity index (χ1v) is 8.48. The van der Waals surface area contributed by atoms with Gasteiger partial charge in [-0.1, -0.05) is 17.7 Å². The summed E-state index contributed by atoms with van der Waals surface area (Å²) in [6, 6.07) is 2.64. The van der Waals surface area contributed by atoms with Gasteiger partial charge in [0.05, 0.1) is 12.1 Å². The molecule has 6 nitrogen and oxygen atoms in total. The molecule has 0 radical (unpaired) electrons. The van der Waals surface area contributed by atoms with Gasteiger partial charge < -0.3 is 24.8 Å². The third kappa shape index (κ3) is 3.66. The van der Waals surface area contributed by atoms with Crippen LogP contribution in [0.15, 0.2) is 18.2 Å². The zero-order valence-electron chi connectivity index (χ0n) is 15.7. The zero-order valence-corrected chi connectivity index (χ0v) is 16.4. The first-order valence-electron chi connectivity index (χ1n) is 8.11. The molecule has 3 N–H and O–H groups in total. The van der Waals surface area contributed by atoms with Gasteiger partial charge in [-0.15, -0.1) is 0 Å². The van der Waals surface area contributed by atoms with Crippen LogP contribution in [-0.4, -0.2) is 28.4 Å². The molecule has 2 aromatic carbocycles. The fourth-order valence-corrected chi connectivity index (χ4v) is 2.72. The van der Waals surface area contributed by atoms with Gasteiger partial charge in [-0.05, 0) is 44.9 Å². The molecule has 0 aliphatic rings. The topological polar surface area (TPSA) is 96.2 Å². The summed E-state index contributed by atoms with van der Waals surface area (Å²) in [5, 5.41) is 30.6. The van der Waals surface area contributed by atoms with Crippen molar-refractivity contribution in [2.24, 2.45) is 0 Å². The van der Waals surface area contributed by atoms with E-state index < -0.39 is 5.97 Å². The Morgan fingerprint density at radius 1 is 1.11 bits per heavy atom. The number of phenols is 3. The molecule has 0 aliphatic heterocycles. The first-order chi connectivity index (χ1) is 12.6. The predicted molar refractivity (Wildman–Crippen MR) is 103 cm³/mol. The molecule has 0 aliphatic carbocycles. The number of benzene rings is 2. The van der Waals surface area contributed by atoms with Crippen LogP contribution in [0.25, 0.3) is 5.57 Å². The van der Waals surface area contributed by atoms with E-state index in [4.69, 9.17) is 21.1 Å². The number of hydrogen-bond donors (Lipinski definition) is 3. The second-order valence-electron chi connectivity index (χ2n) is 6.02. The Labute approximate surface area is 162 Å². The molecule has 0 heterocycles. The molecule has 0 bridgehead atoms. The molecule has 0 saturated carbocycles. The van der Waals surface area contributed by atoms with Crippen LogP contribution in [0.5, 0.6) is 28.7 Å². The summed E-state index contributed by atoms with van der Waals surface area (Å²) in [6.45, 7) is 6.65. The molecule has 0 atom stereocenters. The van der Waals surface area contributed by atoms with Gasteiger partial charge in [0, 0.05) is 17.2 Å². The van der Waals surface area contributed by atoms with Crippen LogP contribution in [0.3, 0.4) is 0 Å². The van der Waals surface area contributed by atoms with Gasteiger partial charge in [0.2, 0.25) is 0 Å². The van der Waals surface area contributed by atoms with E-state index in [1.807, 2.05) is 0 Å². The smallest absolute Gasteiger partial charge is 0.341 e. The van der Waals surface area contributed by atoms with Crippen molar-refractivity contribution in [2.45, 2.75) is 27.7 Å². The second-order valence-corrected chi connectivity index (χ2v) is 6.40. The average molecular weight is 393 g/mol. The van der Waals surface area contributed by atoms with Gasteiger partial charge in [0.15, 0.2) is 11.5 Å². The monoisotopic (exact) mass is 392 g/mol. The highest BCUT2D eigenvalue weighted by Gasteiger charge is 2.25. The van der Waals surface area contributed by atoms with Crippen molar-refractivity contribution in [2.75, 3.05) is 7.11 Å². The van der Waals surface area contributed by atoms with Crippen molar-refractivity contribution in [3.8, 4) is 28.7 Å². The lowest BCUT2D eigenvalue weighted by Gasteiger charge is -2.19. The van der Waals surface area contributed by atoms with E-state index in [1.165, 1.54) is 26.2 Å². The Balaban J connectivity index is 2.78. The van der Waals surface area contributed by atoms with Gasteiger partial charge in [-0.2, -0.15) is 0 Å². The van der Waals surface area contributed by atoms with Crippen LogP contribution in [0.1, 0.15) is 40.9 Å². The normalized spacial score (nSPS) is 11.4. The van der Waals surface area contributed by atoms with Crippen molar-refractivity contribution < 1.29 is 29.6 Å². The maximum absolute atomic E-state index is 12.2. The third-order valence-corrected chi connectivity index (χ3v) is 4.86. The molecule has 0 amide bonds. The third-order valence-electron chi connectivity index (χ3n) is 4.38. The van der Waals surface area contributed by atoms with Crippen LogP contribution in [0.4, 0.5) is 0 Å². The van der Waals surface area contributed by atoms with Crippen LogP contribution in [0, 0.1) is 13.8 Å². The van der Waals surface area contributed by atoms with E-state index in [9.17, 15) is 20.1 Å². The van der Waals surface area contributed by atoms with E-state index in [1.54, 1.807) is 26.8 Å². The number of carbonyl (C=O) groups is 1. The summed E-state index contributed by atoms with van der Waals surface area (Å²) < 4.78 is 10.6. The van der Waals surface area contributed by atoms with E-state index in [-0.39, 0.29) is 50.5 Å². The molecule has 7 heteroatoms. The van der Waals surface area contributed by atoms with Gasteiger partial charge >= 0.3 is 5.97 Å². The summed E-state index contributed by atoms with van der Waals surface area (Å²) in [4.78, 5) is 12.2. The average Bonchev–Trinajstić information content (AvgIpc) is 2.65. The van der Waals surface area contributed by atoms with Crippen LogP contribution < -0.4 is 4.74 Å². The van der Waals surface area contributed by atoms with Crippen molar-refractivity contribution in [3.63, 3.8) is 0 Å². The van der Waals surface area contributed by atoms with E-state index >= 15 is 0 Å². The number of ether oxygens (including phenoxy) is 2. The Bertz CT molecular complexity index is 946. The molecular formula is C20H21ClO6. The summed E-state index contributed by atoms with van der Waals surface area (Å²) >= 11 is 6.04. The Morgan fingerprint density at radius 2 is 1.74 bits per heavy atom. The Kier molecular flexibility index (Phi) is 5.91. The number of methoxy groups -OCH3 is 1. The molecule has 144 valence electrons. The van der Waals surface area contributed by atoms with Gasteiger partial charge in [-0.25, -0.2) is 4.79 Å². The van der Waals surface area contributed by atoms with E-state index in [0.29, 0.717) is 5.56 Å². The van der Waals surface area contributed by atoms with Gasteiger partial charge in [-0.3, -0.25) is 0 Å². The van der Waals surface area contributed by atoms with Gasteiger partial charge in [0.25, 0.3) is 0 Å². The minimum atomic E-state index is -0.705. The number of phenolic OH excluding ortho intramolecular Hbond substituents is 3. The molecule has 2 aromatic rings. The summed E-state index contributed by atoms with van der Waals surface area (Å²) in [6.07, 6.45) is 1.78. The summed E-state index contributed by atoms with van der Waals surface area (Å²) in [5.41, 5.74) is 1.67. The Hall–Kier alpha value is -2.86. The molecule has 0 fully saturated rings. The largest absolute Gasteiger partial charge is 0.508 e. The number of allylic oxidation sites excluding steroid dienone is 2. The van der Waals surface area contributed by atoms with Crippen molar-refractivity contribution in [1.82, 2.24) is 0 Å². The van der Waals surface area contributed by atoms with Crippen LogP contribution >= 0.6 is 11.6 Å². The lowest BCUT2D eigenvalue weighted by molar-refractivity contribution is 0.0597. The molecular weight excluding hydrogens is 372 g/mol. The predicted octanol–water partition coefficient (Wildman–Crippen LogP) is 5.08. The molecule has 0 spiro atoms. The highest BCUT2D eigenvalue weighted by atomic mass is 35.5. The molecule has 0 aromatic heterocycles. The lowest BCUT2D eigenvalue weighted by Crippen LogP contribution is -2.07. The van der Waals surface area contributed by atoms with Crippen LogP contribution in [-0.2, 0) is 4.74 Å². The van der Waals surface area contributed by atoms with E-state index in [0.717, 1.165) is 5.57 Å². The number of rotatable bonds is 4. The number of esters is 1. The second kappa shape index (κ2) is 7.80. The highest BCUT2D eigenvalue weighted by molar-refractivity contribution is 6.33. The highest BCUT2D eigenvalue weighted by Crippen LogP contribution is 2.46. The molecule has 0 saturated heterocycles. The van der Waals surface area contributed by atoms with Crippen molar-refractivity contribution in [3.05, 3.63) is 45.5 Å². The number of halogens is 1. The number of hydrogen-bond acceptors (Lipinski definition) is 6. The molecule has 27 heavy (non-hydrogen) atoms. The maximum Gasteiger partial charge on any atom is 0.341 e. The van der Waals surface area contributed by atoms with E-state index in [2.05, 4.69) is 0 Å². The fraction of sp³-hybridized carbons (Fsp3) is 0.250. The minimum Gasteiger partial charge on any atom is -0.508 e. The van der Waals surface area contributed by atoms with Gasteiger partial charge in [0.1, 0.15) is 22.8 Å². The first kappa shape index (κ1) is 20.5. The molecule has 0 unspecified atom stereocenters. The SMILES string of the molecule is CC=C(C)c1cc(O)c(C)c(O)c1Oc1cc(O)c(Cl)c(C)c1C(=O)OC. The summed E-state index contributed by atoms with van der Waals surface area (Å²) in [5.74, 6) is -1.37. The lowest BCUT2D eigenvalue weighted by atomic mass is 10.0. The minimum absolute atomic E-state index is 0.00119. The summed E-state index contributed by atoms with van der Waals surface area (Å²) in [7, 11) is 1.21. The maximum atomic E-state index is 12.2. The number of carbonyl (C=O) groups excluding carboxylic acids is 1. The van der Waals surface area contributed by atoms with Crippen molar-refractivity contribution in [1.29, 1.82) is 0 Å². The quantitative estimate of drug-likeness (QED) is 0.628. The molecule has 2 rings (SSSR count). The standard InChI is InChI=1S/C20H21ClO6/c1-6-9(2)12-7-13(22)10(3)18(24)19(12)27-15-8-14(23)17(21)11(4)16(15)20(25)26-5/h6-8,22-24H,1-5H3. The number of aromatic hydroxyl groups is 3. The van der Waals surface area contributed by atoms with Crippen molar-refractivity contribution >= 4 is 23.1 Å².